The second kappa shape index (κ2) is 4.53. The molecule has 0 saturated carbocycles. The maximum atomic E-state index is 13.2. The number of aromatic nitrogens is 4. The number of halogens is 1. The van der Waals surface area contributed by atoms with Gasteiger partial charge >= 0.3 is 0 Å². The van der Waals surface area contributed by atoms with Gasteiger partial charge in [0.25, 0.3) is 0 Å². The van der Waals surface area contributed by atoms with Gasteiger partial charge < -0.3 is 4.98 Å². The zero-order valence-electron chi connectivity index (χ0n) is 9.77. The summed E-state index contributed by atoms with van der Waals surface area (Å²) in [6.45, 7) is 2.10. The van der Waals surface area contributed by atoms with Gasteiger partial charge in [-0.2, -0.15) is 0 Å². The van der Waals surface area contributed by atoms with Gasteiger partial charge in [0, 0.05) is 16.7 Å². The van der Waals surface area contributed by atoms with Crippen molar-refractivity contribution in [3.8, 4) is 0 Å². The summed E-state index contributed by atoms with van der Waals surface area (Å²) in [5.74, 6) is 0.678. The number of benzene rings is 1. The van der Waals surface area contributed by atoms with Crippen molar-refractivity contribution in [2.24, 2.45) is 0 Å². The second-order valence-corrected chi connectivity index (χ2v) is 5.02. The Kier molecular flexibility index (Phi) is 2.87. The Labute approximate surface area is 107 Å². The van der Waals surface area contributed by atoms with Gasteiger partial charge in [0.2, 0.25) is 5.16 Å². The SMILES string of the molecule is CCCSc1nnc2c(n1)[nH]c1ccc(F)cc12. The van der Waals surface area contributed by atoms with Crippen LogP contribution in [0.1, 0.15) is 13.3 Å². The zero-order chi connectivity index (χ0) is 12.5. The molecule has 0 radical (unpaired) electrons. The first-order valence-corrected chi connectivity index (χ1v) is 6.71. The summed E-state index contributed by atoms with van der Waals surface area (Å²) in [6, 6.07) is 4.55. The Morgan fingerprint density at radius 1 is 1.33 bits per heavy atom. The van der Waals surface area contributed by atoms with Gasteiger partial charge in [-0.3, -0.25) is 0 Å². The molecule has 0 amide bonds. The average molecular weight is 262 g/mol. The maximum absolute atomic E-state index is 13.2. The van der Waals surface area contributed by atoms with Gasteiger partial charge in [-0.25, -0.2) is 9.37 Å². The molecule has 4 nitrogen and oxygen atoms in total. The fraction of sp³-hybridized carbons (Fsp3) is 0.250. The molecule has 2 heterocycles. The molecule has 0 spiro atoms. The van der Waals surface area contributed by atoms with Gasteiger partial charge in [-0.05, 0) is 24.6 Å². The highest BCUT2D eigenvalue weighted by molar-refractivity contribution is 7.99. The van der Waals surface area contributed by atoms with Crippen molar-refractivity contribution in [3.63, 3.8) is 0 Å². The van der Waals surface area contributed by atoms with Crippen LogP contribution in [0.25, 0.3) is 22.1 Å². The summed E-state index contributed by atoms with van der Waals surface area (Å²) >= 11 is 1.57. The van der Waals surface area contributed by atoms with E-state index in [-0.39, 0.29) is 5.82 Å². The number of nitrogens with one attached hydrogen (secondary N) is 1. The molecular weight excluding hydrogens is 251 g/mol. The molecule has 1 N–H and O–H groups in total. The minimum absolute atomic E-state index is 0.283. The van der Waals surface area contributed by atoms with Crippen molar-refractivity contribution < 1.29 is 4.39 Å². The lowest BCUT2D eigenvalue weighted by Gasteiger charge is -1.96. The molecule has 3 aromatic rings. The van der Waals surface area contributed by atoms with Gasteiger partial charge in [0.05, 0.1) is 0 Å². The smallest absolute Gasteiger partial charge is 0.211 e. The first-order chi connectivity index (χ1) is 8.78. The number of hydrogen-bond donors (Lipinski definition) is 1. The number of rotatable bonds is 3. The van der Waals surface area contributed by atoms with Crippen LogP contribution in [-0.2, 0) is 0 Å². The van der Waals surface area contributed by atoms with Crippen molar-refractivity contribution in [1.82, 2.24) is 20.2 Å². The van der Waals surface area contributed by atoms with Gasteiger partial charge in [0.15, 0.2) is 5.65 Å². The van der Waals surface area contributed by atoms with E-state index in [1.807, 2.05) is 0 Å². The quantitative estimate of drug-likeness (QED) is 0.737. The van der Waals surface area contributed by atoms with Crippen molar-refractivity contribution >= 4 is 33.8 Å². The molecule has 0 fully saturated rings. The fourth-order valence-electron chi connectivity index (χ4n) is 1.78. The number of thioether (sulfide) groups is 1. The topological polar surface area (TPSA) is 54.5 Å². The maximum Gasteiger partial charge on any atom is 0.211 e. The highest BCUT2D eigenvalue weighted by atomic mass is 32.2. The molecule has 92 valence electrons. The van der Waals surface area contributed by atoms with Crippen LogP contribution >= 0.6 is 11.8 Å². The summed E-state index contributed by atoms with van der Waals surface area (Å²) in [6.07, 6.45) is 1.06. The third-order valence-electron chi connectivity index (χ3n) is 2.59. The van der Waals surface area contributed by atoms with Crippen LogP contribution in [0.3, 0.4) is 0 Å². The zero-order valence-corrected chi connectivity index (χ0v) is 10.6. The van der Waals surface area contributed by atoms with E-state index in [1.54, 1.807) is 17.8 Å². The predicted octanol–water partition coefficient (Wildman–Crippen LogP) is 3.15. The molecule has 18 heavy (non-hydrogen) atoms. The van der Waals surface area contributed by atoms with Crippen molar-refractivity contribution in [2.75, 3.05) is 5.75 Å². The predicted molar refractivity (Wildman–Crippen MR) is 70.2 cm³/mol. The highest BCUT2D eigenvalue weighted by Crippen LogP contribution is 2.24. The molecule has 6 heteroatoms. The van der Waals surface area contributed by atoms with Crippen molar-refractivity contribution in [1.29, 1.82) is 0 Å². The molecule has 3 rings (SSSR count). The Bertz CT molecular complexity index is 710. The lowest BCUT2D eigenvalue weighted by molar-refractivity contribution is 0.630. The Hall–Kier alpha value is -1.69. The molecule has 0 aliphatic heterocycles. The number of aromatic amines is 1. The van der Waals surface area contributed by atoms with Crippen LogP contribution in [0.15, 0.2) is 23.4 Å². The van der Waals surface area contributed by atoms with E-state index in [2.05, 4.69) is 27.1 Å². The summed E-state index contributed by atoms with van der Waals surface area (Å²) in [5, 5.41) is 9.56. The molecule has 0 aliphatic carbocycles. The van der Waals surface area contributed by atoms with E-state index in [9.17, 15) is 4.39 Å². The summed E-state index contributed by atoms with van der Waals surface area (Å²) < 4.78 is 13.2. The van der Waals surface area contributed by atoms with E-state index in [0.29, 0.717) is 16.3 Å². The standard InChI is InChI=1S/C12H11FN4S/c1-2-5-18-12-15-11-10(16-17-12)8-6-7(13)3-4-9(8)14-11/h3-4,6H,2,5H2,1H3,(H,14,15,17). The molecule has 0 atom stereocenters. The van der Waals surface area contributed by atoms with Crippen molar-refractivity contribution in [2.45, 2.75) is 18.5 Å². The largest absolute Gasteiger partial charge is 0.338 e. The van der Waals surface area contributed by atoms with Crippen LogP contribution in [0.4, 0.5) is 4.39 Å². The fourth-order valence-corrected chi connectivity index (χ4v) is 2.42. The third-order valence-corrected chi connectivity index (χ3v) is 3.64. The Morgan fingerprint density at radius 2 is 2.22 bits per heavy atom. The normalized spacial score (nSPS) is 11.4. The number of H-pyrrole nitrogens is 1. The third kappa shape index (κ3) is 1.92. The highest BCUT2D eigenvalue weighted by Gasteiger charge is 2.09. The van der Waals surface area contributed by atoms with Crippen LogP contribution in [0.2, 0.25) is 0 Å². The van der Waals surface area contributed by atoms with Crippen LogP contribution in [0.5, 0.6) is 0 Å². The average Bonchev–Trinajstić information content (AvgIpc) is 2.73. The van der Waals surface area contributed by atoms with E-state index in [4.69, 9.17) is 0 Å². The van der Waals surface area contributed by atoms with Gasteiger partial charge in [0.1, 0.15) is 11.3 Å². The first-order valence-electron chi connectivity index (χ1n) is 5.72. The molecule has 0 unspecified atom stereocenters. The summed E-state index contributed by atoms with van der Waals surface area (Å²) in [5.41, 5.74) is 2.10. The number of hydrogen-bond acceptors (Lipinski definition) is 4. The number of nitrogens with zero attached hydrogens (tertiary/aromatic N) is 3. The Balaban J connectivity index is 2.14. The molecule has 1 aromatic carbocycles. The second-order valence-electron chi connectivity index (χ2n) is 3.95. The summed E-state index contributed by atoms with van der Waals surface area (Å²) in [4.78, 5) is 7.52. The lowest BCUT2D eigenvalue weighted by atomic mass is 10.2. The number of fused-ring (bicyclic) bond motifs is 3. The molecular formula is C12H11FN4S. The summed E-state index contributed by atoms with van der Waals surface area (Å²) in [7, 11) is 0. The molecule has 0 bridgehead atoms. The minimum atomic E-state index is -0.283. The molecule has 0 aliphatic rings. The molecule has 0 saturated heterocycles. The van der Waals surface area contributed by atoms with Crippen LogP contribution in [0, 0.1) is 5.82 Å². The Morgan fingerprint density at radius 3 is 3.06 bits per heavy atom. The van der Waals surface area contributed by atoms with Gasteiger partial charge in [-0.1, -0.05) is 18.7 Å². The molecule has 2 aromatic heterocycles. The van der Waals surface area contributed by atoms with Crippen molar-refractivity contribution in [3.05, 3.63) is 24.0 Å². The van der Waals surface area contributed by atoms with E-state index < -0.39 is 0 Å². The van der Waals surface area contributed by atoms with Crippen LogP contribution in [-0.4, -0.2) is 25.9 Å². The first kappa shape index (κ1) is 11.4. The van der Waals surface area contributed by atoms with Crippen LogP contribution < -0.4 is 0 Å². The minimum Gasteiger partial charge on any atom is -0.338 e. The lowest BCUT2D eigenvalue weighted by Crippen LogP contribution is -1.91. The van der Waals surface area contributed by atoms with E-state index in [1.165, 1.54) is 12.1 Å². The van der Waals surface area contributed by atoms with E-state index in [0.717, 1.165) is 23.1 Å². The van der Waals surface area contributed by atoms with Gasteiger partial charge in [-0.15, -0.1) is 10.2 Å². The monoisotopic (exact) mass is 262 g/mol. The van der Waals surface area contributed by atoms with E-state index >= 15 is 0 Å².